The van der Waals surface area contributed by atoms with E-state index in [4.69, 9.17) is 10.00 Å². The van der Waals surface area contributed by atoms with Gasteiger partial charge in [0.1, 0.15) is 29.4 Å². The molecular weight excluding hydrogens is 405 g/mol. The second-order valence-electron chi connectivity index (χ2n) is 7.71. The van der Waals surface area contributed by atoms with Gasteiger partial charge in [0.05, 0.1) is 24.0 Å². The maximum atomic E-state index is 13.2. The number of piperazine rings is 1. The first kappa shape index (κ1) is 19.0. The van der Waals surface area contributed by atoms with Gasteiger partial charge in [0.2, 0.25) is 0 Å². The summed E-state index contributed by atoms with van der Waals surface area (Å²) in [4.78, 5) is 46.9. The highest BCUT2D eigenvalue weighted by Crippen LogP contribution is 2.42. The van der Waals surface area contributed by atoms with E-state index >= 15 is 0 Å². The highest BCUT2D eigenvalue weighted by atomic mass is 19.1. The maximum absolute atomic E-state index is 13.2. The van der Waals surface area contributed by atoms with Crippen LogP contribution in [0.5, 0.6) is 5.75 Å². The highest BCUT2D eigenvalue weighted by molar-refractivity contribution is 6.22. The first-order valence-electron chi connectivity index (χ1n) is 9.66. The second kappa shape index (κ2) is 6.77. The van der Waals surface area contributed by atoms with Gasteiger partial charge >= 0.3 is 12.1 Å². The lowest BCUT2D eigenvalue weighted by molar-refractivity contribution is -0.121. The van der Waals surface area contributed by atoms with Crippen LogP contribution in [0.15, 0.2) is 36.5 Å². The third kappa shape index (κ3) is 2.81. The Balaban J connectivity index is 1.38. The van der Waals surface area contributed by atoms with Gasteiger partial charge in [0, 0.05) is 6.54 Å². The number of likely N-dealkylation sites (tertiary alicyclic amines) is 1. The van der Waals surface area contributed by atoms with Crippen molar-refractivity contribution in [3.63, 3.8) is 0 Å². The van der Waals surface area contributed by atoms with Gasteiger partial charge in [-0.15, -0.1) is 0 Å². The molecule has 3 fully saturated rings. The van der Waals surface area contributed by atoms with Crippen LogP contribution in [-0.2, 0) is 4.79 Å². The molecule has 2 bridgehead atoms. The van der Waals surface area contributed by atoms with Gasteiger partial charge in [-0.1, -0.05) is 0 Å². The number of halogens is 1. The molecule has 3 saturated heterocycles. The molecule has 3 aliphatic rings. The van der Waals surface area contributed by atoms with E-state index in [0.717, 1.165) is 4.90 Å². The van der Waals surface area contributed by atoms with Gasteiger partial charge in [0.25, 0.3) is 5.91 Å². The smallest absolute Gasteiger partial charge is 0.410 e. The summed E-state index contributed by atoms with van der Waals surface area (Å²) in [5.41, 5.74) is 1.07. The predicted molar refractivity (Wildman–Crippen MR) is 104 cm³/mol. The minimum atomic E-state index is -0.803. The monoisotopic (exact) mass is 421 g/mol. The molecule has 5 rings (SSSR count). The van der Waals surface area contributed by atoms with Crippen molar-refractivity contribution in [3.8, 4) is 11.8 Å². The average Bonchev–Trinajstić information content (AvgIpc) is 3.41. The SMILES string of the molecule is Cc1cc(N2C(=O)C3C4C[C@H](CN4C(=O)Oc4ccc(F)cc4)N3C2=O)cnc1C#N. The van der Waals surface area contributed by atoms with Crippen molar-refractivity contribution in [1.82, 2.24) is 14.8 Å². The molecule has 10 heteroatoms. The molecule has 1 aromatic heterocycles. The zero-order valence-electron chi connectivity index (χ0n) is 16.4. The van der Waals surface area contributed by atoms with Crippen LogP contribution >= 0.6 is 0 Å². The zero-order chi connectivity index (χ0) is 21.9. The van der Waals surface area contributed by atoms with E-state index in [0.29, 0.717) is 17.7 Å². The van der Waals surface area contributed by atoms with Crippen molar-refractivity contribution in [2.75, 3.05) is 11.4 Å². The van der Waals surface area contributed by atoms with E-state index in [1.807, 2.05) is 6.07 Å². The number of amides is 4. The number of rotatable bonds is 2. The average molecular weight is 421 g/mol. The fraction of sp³-hybridized carbons (Fsp3) is 0.286. The number of nitriles is 1. The number of benzene rings is 1. The Morgan fingerprint density at radius 1 is 1.29 bits per heavy atom. The van der Waals surface area contributed by atoms with Crippen LogP contribution < -0.4 is 9.64 Å². The molecule has 31 heavy (non-hydrogen) atoms. The van der Waals surface area contributed by atoms with Crippen LogP contribution in [0.25, 0.3) is 0 Å². The first-order valence-corrected chi connectivity index (χ1v) is 9.66. The van der Waals surface area contributed by atoms with Gasteiger partial charge < -0.3 is 14.5 Å². The number of nitrogens with zero attached hydrogens (tertiary/aromatic N) is 5. The Hall–Kier alpha value is -4.00. The minimum absolute atomic E-state index is 0.195. The van der Waals surface area contributed by atoms with Crippen LogP contribution in [0.1, 0.15) is 17.7 Å². The van der Waals surface area contributed by atoms with E-state index in [1.165, 1.54) is 40.3 Å². The summed E-state index contributed by atoms with van der Waals surface area (Å²) in [7, 11) is 0. The summed E-state index contributed by atoms with van der Waals surface area (Å²) >= 11 is 0. The third-order valence-corrected chi connectivity index (χ3v) is 5.95. The van der Waals surface area contributed by atoms with Gasteiger partial charge in [-0.3, -0.25) is 4.79 Å². The van der Waals surface area contributed by atoms with E-state index in [2.05, 4.69) is 4.98 Å². The number of ether oxygens (including phenoxy) is 1. The third-order valence-electron chi connectivity index (χ3n) is 5.95. The van der Waals surface area contributed by atoms with Crippen LogP contribution in [0, 0.1) is 24.1 Å². The molecule has 0 saturated carbocycles. The topological polar surface area (TPSA) is 107 Å². The Kier molecular flexibility index (Phi) is 4.15. The molecule has 4 heterocycles. The maximum Gasteiger partial charge on any atom is 0.415 e. The lowest BCUT2D eigenvalue weighted by Crippen LogP contribution is -2.55. The molecule has 0 N–H and O–H groups in total. The molecule has 9 nitrogen and oxygen atoms in total. The second-order valence-corrected chi connectivity index (χ2v) is 7.71. The number of pyridine rings is 1. The van der Waals surface area contributed by atoms with Crippen LogP contribution in [0.2, 0.25) is 0 Å². The van der Waals surface area contributed by atoms with Gasteiger partial charge in [-0.05, 0) is 49.2 Å². The van der Waals surface area contributed by atoms with Crippen LogP contribution in [0.4, 0.5) is 19.7 Å². The van der Waals surface area contributed by atoms with Crippen LogP contribution in [0.3, 0.4) is 0 Å². The standard InChI is InChI=1S/C21H16FN5O4/c1-11-6-13(9-24-16(11)8-23)27-19(28)18-17-7-14(26(18)20(27)29)10-25(17)21(30)31-15-4-2-12(22)3-5-15/h2-6,9,14,17-18H,7,10H2,1H3/t14-,17?,18?/m1/s1. The molecule has 2 aromatic rings. The molecule has 156 valence electrons. The molecule has 1 aromatic carbocycles. The number of carbonyl (C=O) groups is 3. The quantitative estimate of drug-likeness (QED) is 0.688. The first-order chi connectivity index (χ1) is 14.9. The van der Waals surface area contributed by atoms with Crippen LogP contribution in [-0.4, -0.2) is 57.5 Å². The molecule has 3 atom stereocenters. The van der Waals surface area contributed by atoms with Crippen molar-refractivity contribution >= 4 is 23.7 Å². The molecule has 3 aliphatic heterocycles. The van der Waals surface area contributed by atoms with Crippen molar-refractivity contribution in [1.29, 1.82) is 5.26 Å². The van der Waals surface area contributed by atoms with E-state index in [9.17, 15) is 18.8 Å². The Bertz CT molecular complexity index is 1160. The molecule has 2 unspecified atom stereocenters. The fourth-order valence-corrected chi connectivity index (χ4v) is 4.57. The lowest BCUT2D eigenvalue weighted by Gasteiger charge is -2.34. The van der Waals surface area contributed by atoms with E-state index < -0.39 is 35.9 Å². The zero-order valence-corrected chi connectivity index (χ0v) is 16.4. The highest BCUT2D eigenvalue weighted by Gasteiger charge is 2.63. The number of hydrogen-bond acceptors (Lipinski definition) is 6. The summed E-state index contributed by atoms with van der Waals surface area (Å²) in [5, 5.41) is 9.05. The number of imide groups is 1. The Morgan fingerprint density at radius 2 is 2.03 bits per heavy atom. The Morgan fingerprint density at radius 3 is 2.71 bits per heavy atom. The number of aromatic nitrogens is 1. The van der Waals surface area contributed by atoms with E-state index in [1.54, 1.807) is 13.0 Å². The molecule has 4 amide bonds. The summed E-state index contributed by atoms with van der Waals surface area (Å²) in [6.45, 7) is 1.93. The summed E-state index contributed by atoms with van der Waals surface area (Å²) in [6.07, 6.45) is 1.17. The van der Waals surface area contributed by atoms with Crippen molar-refractivity contribution < 1.29 is 23.5 Å². The molecule has 0 aliphatic carbocycles. The van der Waals surface area contributed by atoms with Crippen molar-refractivity contribution in [2.24, 2.45) is 0 Å². The molecule has 0 spiro atoms. The minimum Gasteiger partial charge on any atom is -0.410 e. The number of aryl methyl sites for hydroxylation is 1. The summed E-state index contributed by atoms with van der Waals surface area (Å²) in [6, 6.07) is 6.52. The van der Waals surface area contributed by atoms with Crippen molar-refractivity contribution in [2.45, 2.75) is 31.5 Å². The fourth-order valence-electron chi connectivity index (χ4n) is 4.57. The number of hydrogen-bond donors (Lipinski definition) is 0. The summed E-state index contributed by atoms with van der Waals surface area (Å²) < 4.78 is 18.4. The largest absolute Gasteiger partial charge is 0.415 e. The normalized spacial score (nSPS) is 23.9. The van der Waals surface area contributed by atoms with E-state index in [-0.39, 0.29) is 24.0 Å². The Labute approximate surface area is 176 Å². The summed E-state index contributed by atoms with van der Waals surface area (Å²) in [5.74, 6) is -0.693. The molecule has 0 radical (unpaired) electrons. The molecular formula is C21H16FN5O4. The van der Waals surface area contributed by atoms with Crippen molar-refractivity contribution in [3.05, 3.63) is 53.6 Å². The number of anilines is 1. The number of urea groups is 1. The number of carbonyl (C=O) groups excluding carboxylic acids is 3. The predicted octanol–water partition coefficient (Wildman–Crippen LogP) is 2.19. The number of fused-ring (bicyclic) bond motifs is 5. The van der Waals surface area contributed by atoms with Gasteiger partial charge in [-0.25, -0.2) is 23.9 Å². The van der Waals surface area contributed by atoms with Gasteiger partial charge in [-0.2, -0.15) is 5.26 Å². The van der Waals surface area contributed by atoms with Gasteiger partial charge in [0.15, 0.2) is 0 Å². The lowest BCUT2D eigenvalue weighted by atomic mass is 10.1.